The zero-order chi connectivity index (χ0) is 15.1. The van der Waals surface area contributed by atoms with Crippen molar-refractivity contribution in [3.05, 3.63) is 18.0 Å². The fourth-order valence-electron chi connectivity index (χ4n) is 2.70. The molecular formula is C16H27N3O2. The number of nitrogens with one attached hydrogen (secondary N) is 1. The largest absolute Gasteiger partial charge is 0.375 e. The van der Waals surface area contributed by atoms with E-state index in [1.54, 1.807) is 6.20 Å². The molecule has 0 unspecified atom stereocenters. The van der Waals surface area contributed by atoms with Crippen LogP contribution in [0, 0.1) is 5.92 Å². The summed E-state index contributed by atoms with van der Waals surface area (Å²) in [7, 11) is 0. The Hall–Kier alpha value is -1.36. The van der Waals surface area contributed by atoms with Gasteiger partial charge in [0.1, 0.15) is 0 Å². The van der Waals surface area contributed by atoms with Gasteiger partial charge in [0, 0.05) is 25.7 Å². The van der Waals surface area contributed by atoms with E-state index in [2.05, 4.69) is 24.0 Å². The van der Waals surface area contributed by atoms with Crippen molar-refractivity contribution in [2.45, 2.75) is 52.1 Å². The van der Waals surface area contributed by atoms with Crippen molar-refractivity contribution in [3.63, 3.8) is 0 Å². The number of nitrogens with zero attached hydrogens (tertiary/aromatic N) is 2. The summed E-state index contributed by atoms with van der Waals surface area (Å²) in [4.78, 5) is 14.2. The number of aromatic amines is 1. The number of carbonyl (C=O) groups excluding carboxylic acids is 1. The molecule has 1 atom stereocenters. The molecule has 118 valence electrons. The lowest BCUT2D eigenvalue weighted by atomic mass is 10.0. The zero-order valence-corrected chi connectivity index (χ0v) is 13.2. The molecule has 1 fully saturated rings. The van der Waals surface area contributed by atoms with Gasteiger partial charge in [-0.05, 0) is 24.3 Å². The molecule has 0 bridgehead atoms. The van der Waals surface area contributed by atoms with E-state index in [0.717, 1.165) is 37.4 Å². The zero-order valence-electron chi connectivity index (χ0n) is 13.2. The predicted molar refractivity (Wildman–Crippen MR) is 81.9 cm³/mol. The number of morpholine rings is 1. The van der Waals surface area contributed by atoms with Crippen LogP contribution in [0.25, 0.3) is 0 Å². The summed E-state index contributed by atoms with van der Waals surface area (Å²) in [5.74, 6) is 0.967. The van der Waals surface area contributed by atoms with Gasteiger partial charge in [-0.2, -0.15) is 5.10 Å². The first-order chi connectivity index (χ1) is 10.1. The van der Waals surface area contributed by atoms with Crippen molar-refractivity contribution in [2.75, 3.05) is 19.7 Å². The van der Waals surface area contributed by atoms with Crippen LogP contribution in [-0.2, 0) is 16.0 Å². The SMILES string of the molecule is CC(C)CCC[C@@H]1CN(C(=O)CCc2cn[nH]c2)CCO1. The molecule has 1 saturated heterocycles. The molecule has 1 amide bonds. The van der Waals surface area contributed by atoms with E-state index in [4.69, 9.17) is 4.74 Å². The maximum atomic E-state index is 12.3. The standard InChI is InChI=1S/C16H27N3O2/c1-13(2)4-3-5-15-12-19(8-9-21-15)16(20)7-6-14-10-17-18-11-14/h10-11,13,15H,3-9,12H2,1-2H3,(H,17,18)/t15-/m1/s1. The van der Waals surface area contributed by atoms with Crippen molar-refractivity contribution >= 4 is 5.91 Å². The lowest BCUT2D eigenvalue weighted by Crippen LogP contribution is -2.45. The van der Waals surface area contributed by atoms with Crippen LogP contribution in [0.5, 0.6) is 0 Å². The summed E-state index contributed by atoms with van der Waals surface area (Å²) in [6.07, 6.45) is 8.62. The maximum Gasteiger partial charge on any atom is 0.223 e. The molecule has 5 nitrogen and oxygen atoms in total. The van der Waals surface area contributed by atoms with E-state index in [9.17, 15) is 4.79 Å². The van der Waals surface area contributed by atoms with Crippen LogP contribution in [0.1, 0.15) is 45.1 Å². The number of ether oxygens (including phenoxy) is 1. The van der Waals surface area contributed by atoms with Gasteiger partial charge in [0.25, 0.3) is 0 Å². The number of hydrogen-bond donors (Lipinski definition) is 1. The Bertz CT molecular complexity index is 417. The van der Waals surface area contributed by atoms with E-state index >= 15 is 0 Å². The Morgan fingerprint density at radius 2 is 2.43 bits per heavy atom. The van der Waals surface area contributed by atoms with E-state index in [1.807, 2.05) is 11.1 Å². The first-order valence-corrected chi connectivity index (χ1v) is 8.02. The Kier molecular flexibility index (Phi) is 6.23. The number of carbonyl (C=O) groups is 1. The third-order valence-corrected chi connectivity index (χ3v) is 3.98. The van der Waals surface area contributed by atoms with Crippen LogP contribution in [0.3, 0.4) is 0 Å². The summed E-state index contributed by atoms with van der Waals surface area (Å²) in [6.45, 7) is 6.64. The maximum absolute atomic E-state index is 12.3. The Morgan fingerprint density at radius 1 is 1.57 bits per heavy atom. The molecule has 1 aliphatic rings. The first-order valence-electron chi connectivity index (χ1n) is 8.02. The molecule has 1 aliphatic heterocycles. The first kappa shape index (κ1) is 16.0. The topological polar surface area (TPSA) is 58.2 Å². The van der Waals surface area contributed by atoms with E-state index in [0.29, 0.717) is 13.0 Å². The summed E-state index contributed by atoms with van der Waals surface area (Å²) < 4.78 is 5.78. The fraction of sp³-hybridized carbons (Fsp3) is 0.750. The summed E-state index contributed by atoms with van der Waals surface area (Å²) in [5.41, 5.74) is 1.09. The second-order valence-electron chi connectivity index (χ2n) is 6.26. The second-order valence-corrected chi connectivity index (χ2v) is 6.26. The van der Waals surface area contributed by atoms with Crippen LogP contribution >= 0.6 is 0 Å². The number of amides is 1. The molecule has 0 aromatic carbocycles. The molecule has 1 N–H and O–H groups in total. The molecule has 2 rings (SSSR count). The molecule has 1 aromatic rings. The molecule has 2 heterocycles. The highest BCUT2D eigenvalue weighted by molar-refractivity contribution is 5.76. The van der Waals surface area contributed by atoms with Crippen LogP contribution < -0.4 is 0 Å². The molecule has 0 radical (unpaired) electrons. The quantitative estimate of drug-likeness (QED) is 0.840. The fourth-order valence-corrected chi connectivity index (χ4v) is 2.70. The number of H-pyrrole nitrogens is 1. The third kappa shape index (κ3) is 5.50. The summed E-state index contributed by atoms with van der Waals surface area (Å²) in [5, 5.41) is 6.68. The van der Waals surface area contributed by atoms with E-state index in [1.165, 1.54) is 12.8 Å². The Balaban J connectivity index is 1.70. The van der Waals surface area contributed by atoms with Gasteiger partial charge in [-0.25, -0.2) is 0 Å². The molecule has 1 aromatic heterocycles. The van der Waals surface area contributed by atoms with Gasteiger partial charge in [0.15, 0.2) is 0 Å². The van der Waals surface area contributed by atoms with Crippen molar-refractivity contribution in [3.8, 4) is 0 Å². The van der Waals surface area contributed by atoms with Gasteiger partial charge in [-0.1, -0.05) is 26.7 Å². The highest BCUT2D eigenvalue weighted by Crippen LogP contribution is 2.15. The van der Waals surface area contributed by atoms with Crippen molar-refractivity contribution in [1.29, 1.82) is 0 Å². The number of aromatic nitrogens is 2. The number of aryl methyl sites for hydroxylation is 1. The third-order valence-electron chi connectivity index (χ3n) is 3.98. The van der Waals surface area contributed by atoms with Gasteiger partial charge >= 0.3 is 0 Å². The van der Waals surface area contributed by atoms with Crippen LogP contribution in [0.15, 0.2) is 12.4 Å². The molecule has 21 heavy (non-hydrogen) atoms. The lowest BCUT2D eigenvalue weighted by molar-refractivity contribution is -0.139. The summed E-state index contributed by atoms with van der Waals surface area (Å²) >= 11 is 0. The minimum Gasteiger partial charge on any atom is -0.375 e. The second kappa shape index (κ2) is 8.17. The van der Waals surface area contributed by atoms with Gasteiger partial charge < -0.3 is 9.64 Å². The van der Waals surface area contributed by atoms with Crippen LogP contribution in [-0.4, -0.2) is 46.8 Å². The monoisotopic (exact) mass is 293 g/mol. The average molecular weight is 293 g/mol. The van der Waals surface area contributed by atoms with E-state index < -0.39 is 0 Å². The number of rotatable bonds is 7. The average Bonchev–Trinajstić information content (AvgIpc) is 2.98. The number of hydrogen-bond acceptors (Lipinski definition) is 3. The van der Waals surface area contributed by atoms with Gasteiger partial charge in [-0.3, -0.25) is 9.89 Å². The minimum atomic E-state index is 0.218. The van der Waals surface area contributed by atoms with Crippen LogP contribution in [0.4, 0.5) is 0 Å². The molecule has 0 saturated carbocycles. The summed E-state index contributed by atoms with van der Waals surface area (Å²) in [6, 6.07) is 0. The van der Waals surface area contributed by atoms with Crippen LogP contribution in [0.2, 0.25) is 0 Å². The highest BCUT2D eigenvalue weighted by Gasteiger charge is 2.23. The van der Waals surface area contributed by atoms with Gasteiger partial charge in [0.05, 0.1) is 18.9 Å². The Morgan fingerprint density at radius 3 is 3.14 bits per heavy atom. The highest BCUT2D eigenvalue weighted by atomic mass is 16.5. The Labute approximate surface area is 127 Å². The lowest BCUT2D eigenvalue weighted by Gasteiger charge is -2.33. The van der Waals surface area contributed by atoms with Gasteiger partial charge in [-0.15, -0.1) is 0 Å². The van der Waals surface area contributed by atoms with Crippen molar-refractivity contribution < 1.29 is 9.53 Å². The predicted octanol–water partition coefficient (Wildman–Crippen LogP) is 2.40. The molecular weight excluding hydrogens is 266 g/mol. The smallest absolute Gasteiger partial charge is 0.223 e. The molecule has 0 aliphatic carbocycles. The normalized spacial score (nSPS) is 19.2. The van der Waals surface area contributed by atoms with Crippen molar-refractivity contribution in [2.24, 2.45) is 5.92 Å². The van der Waals surface area contributed by atoms with E-state index in [-0.39, 0.29) is 12.0 Å². The molecule has 0 spiro atoms. The van der Waals surface area contributed by atoms with Crippen molar-refractivity contribution in [1.82, 2.24) is 15.1 Å². The molecule has 5 heteroatoms. The van der Waals surface area contributed by atoms with Gasteiger partial charge in [0.2, 0.25) is 5.91 Å². The minimum absolute atomic E-state index is 0.218.